The van der Waals surface area contributed by atoms with E-state index in [4.69, 9.17) is 5.11 Å². The summed E-state index contributed by atoms with van der Waals surface area (Å²) >= 11 is 0. The first kappa shape index (κ1) is 15.9. The molecule has 0 radical (unpaired) electrons. The lowest BCUT2D eigenvalue weighted by Gasteiger charge is -2.34. The van der Waals surface area contributed by atoms with Crippen LogP contribution in [0.3, 0.4) is 0 Å². The van der Waals surface area contributed by atoms with E-state index in [0.29, 0.717) is 38.9 Å². The van der Waals surface area contributed by atoms with Crippen molar-refractivity contribution in [2.24, 2.45) is 0 Å². The van der Waals surface area contributed by atoms with E-state index in [9.17, 15) is 9.59 Å². The van der Waals surface area contributed by atoms with Gasteiger partial charge in [-0.3, -0.25) is 14.5 Å². The number of ether oxygens (including phenoxy) is 1. The molecule has 1 fully saturated rings. The van der Waals surface area contributed by atoms with E-state index >= 15 is 0 Å². The second kappa shape index (κ2) is 8.12. The number of aliphatic hydroxyl groups excluding tert-OH is 1. The fourth-order valence-corrected chi connectivity index (χ4v) is 2.06. The van der Waals surface area contributed by atoms with Crippen LogP contribution in [0.1, 0.15) is 26.2 Å². The van der Waals surface area contributed by atoms with Crippen molar-refractivity contribution in [3.63, 3.8) is 0 Å². The summed E-state index contributed by atoms with van der Waals surface area (Å²) in [6.07, 6.45) is 0.888. The van der Waals surface area contributed by atoms with Crippen molar-refractivity contribution in [2.75, 3.05) is 39.8 Å². The highest BCUT2D eigenvalue weighted by molar-refractivity contribution is 5.76. The van der Waals surface area contributed by atoms with Gasteiger partial charge in [0.2, 0.25) is 5.91 Å². The summed E-state index contributed by atoms with van der Waals surface area (Å²) in [6, 6.07) is 0. The van der Waals surface area contributed by atoms with Crippen LogP contribution in [0.25, 0.3) is 0 Å². The minimum absolute atomic E-state index is 0.105. The van der Waals surface area contributed by atoms with Crippen LogP contribution >= 0.6 is 0 Å². The predicted molar refractivity (Wildman–Crippen MR) is 70.6 cm³/mol. The Bertz CT molecular complexity index is 299. The summed E-state index contributed by atoms with van der Waals surface area (Å²) in [5, 5.41) is 9.16. The van der Waals surface area contributed by atoms with Gasteiger partial charge in [0.05, 0.1) is 19.6 Å². The molecule has 1 amide bonds. The summed E-state index contributed by atoms with van der Waals surface area (Å²) in [5.41, 5.74) is 0. The van der Waals surface area contributed by atoms with Crippen LogP contribution in [0.5, 0.6) is 0 Å². The number of carbonyl (C=O) groups is 2. The molecule has 110 valence electrons. The monoisotopic (exact) mass is 272 g/mol. The third kappa shape index (κ3) is 6.02. The van der Waals surface area contributed by atoms with E-state index < -0.39 is 6.10 Å². The van der Waals surface area contributed by atoms with Crippen molar-refractivity contribution in [1.29, 1.82) is 0 Å². The smallest absolute Gasteiger partial charge is 0.306 e. The van der Waals surface area contributed by atoms with E-state index in [0.717, 1.165) is 13.1 Å². The van der Waals surface area contributed by atoms with Crippen molar-refractivity contribution in [3.05, 3.63) is 0 Å². The van der Waals surface area contributed by atoms with Gasteiger partial charge in [-0.2, -0.15) is 0 Å². The average Bonchev–Trinajstić information content (AvgIpc) is 2.42. The van der Waals surface area contributed by atoms with Crippen molar-refractivity contribution in [2.45, 2.75) is 32.3 Å². The number of nitrogens with zero attached hydrogens (tertiary/aromatic N) is 2. The van der Waals surface area contributed by atoms with Crippen molar-refractivity contribution in [3.8, 4) is 0 Å². The molecule has 1 unspecified atom stereocenters. The maximum atomic E-state index is 11.8. The van der Waals surface area contributed by atoms with E-state index in [-0.39, 0.29) is 11.9 Å². The maximum absolute atomic E-state index is 11.8. The molecule has 0 aromatic rings. The molecule has 1 N–H and O–H groups in total. The average molecular weight is 272 g/mol. The Morgan fingerprint density at radius 2 is 1.84 bits per heavy atom. The highest BCUT2D eigenvalue weighted by Gasteiger charge is 2.21. The molecule has 1 atom stereocenters. The zero-order chi connectivity index (χ0) is 14.3. The fourth-order valence-electron chi connectivity index (χ4n) is 2.06. The normalized spacial score (nSPS) is 18.2. The number of carbonyl (C=O) groups excluding carboxylic acids is 2. The Morgan fingerprint density at radius 3 is 2.37 bits per heavy atom. The third-order valence-corrected chi connectivity index (χ3v) is 3.36. The highest BCUT2D eigenvalue weighted by atomic mass is 16.5. The van der Waals surface area contributed by atoms with Crippen LogP contribution in [-0.2, 0) is 14.3 Å². The number of aliphatic hydroxyl groups is 1. The zero-order valence-electron chi connectivity index (χ0n) is 11.8. The van der Waals surface area contributed by atoms with Crippen LogP contribution in [0.4, 0.5) is 0 Å². The molecular formula is C13H24N2O4. The second-order valence-corrected chi connectivity index (χ2v) is 4.94. The van der Waals surface area contributed by atoms with Gasteiger partial charge in [-0.1, -0.05) is 0 Å². The van der Waals surface area contributed by atoms with Gasteiger partial charge in [0, 0.05) is 39.1 Å². The maximum Gasteiger partial charge on any atom is 0.306 e. The molecule has 1 saturated heterocycles. The summed E-state index contributed by atoms with van der Waals surface area (Å²) in [6.45, 7) is 5.34. The molecular weight excluding hydrogens is 248 g/mol. The lowest BCUT2D eigenvalue weighted by atomic mass is 10.2. The third-order valence-electron chi connectivity index (χ3n) is 3.36. The van der Waals surface area contributed by atoms with Gasteiger partial charge in [-0.05, 0) is 13.3 Å². The minimum atomic E-state index is -0.426. The van der Waals surface area contributed by atoms with Crippen molar-refractivity contribution >= 4 is 11.9 Å². The Hall–Kier alpha value is -1.14. The Labute approximate surface area is 114 Å². The van der Waals surface area contributed by atoms with E-state index in [2.05, 4.69) is 9.64 Å². The molecule has 0 bridgehead atoms. The van der Waals surface area contributed by atoms with Gasteiger partial charge in [0.1, 0.15) is 0 Å². The predicted octanol–water partition coefficient (Wildman–Crippen LogP) is -0.145. The summed E-state index contributed by atoms with van der Waals surface area (Å²) < 4.78 is 4.60. The molecule has 6 nitrogen and oxygen atoms in total. The van der Waals surface area contributed by atoms with E-state index in [1.807, 2.05) is 4.90 Å². The van der Waals surface area contributed by atoms with Crippen LogP contribution in [0.2, 0.25) is 0 Å². The number of amides is 1. The fraction of sp³-hybridized carbons (Fsp3) is 0.846. The Balaban J connectivity index is 2.21. The Morgan fingerprint density at radius 1 is 1.21 bits per heavy atom. The lowest BCUT2D eigenvalue weighted by Crippen LogP contribution is -2.49. The summed E-state index contributed by atoms with van der Waals surface area (Å²) in [5.74, 6) is -0.0936. The SMILES string of the molecule is COC(=O)CCN1CCN(C(=O)CCC(C)O)CC1. The largest absolute Gasteiger partial charge is 0.469 e. The number of hydrogen-bond acceptors (Lipinski definition) is 5. The Kier molecular flexibility index (Phi) is 6.80. The van der Waals surface area contributed by atoms with Crippen LogP contribution in [0.15, 0.2) is 0 Å². The van der Waals surface area contributed by atoms with Gasteiger partial charge >= 0.3 is 5.97 Å². The molecule has 0 aromatic heterocycles. The number of esters is 1. The van der Waals surface area contributed by atoms with Crippen molar-refractivity contribution < 1.29 is 19.4 Å². The van der Waals surface area contributed by atoms with Crippen LogP contribution in [-0.4, -0.2) is 72.7 Å². The first-order valence-corrected chi connectivity index (χ1v) is 6.78. The number of hydrogen-bond donors (Lipinski definition) is 1. The standard InChI is InChI=1S/C13H24N2O4/c1-11(16)3-4-12(17)15-9-7-14(8-10-15)6-5-13(18)19-2/h11,16H,3-10H2,1-2H3. The lowest BCUT2D eigenvalue weighted by molar-refractivity contribution is -0.141. The molecule has 0 aliphatic carbocycles. The molecule has 0 saturated carbocycles. The van der Waals surface area contributed by atoms with Gasteiger partial charge < -0.3 is 14.7 Å². The molecule has 19 heavy (non-hydrogen) atoms. The number of piperazine rings is 1. The zero-order valence-corrected chi connectivity index (χ0v) is 11.8. The number of methoxy groups -OCH3 is 1. The van der Waals surface area contributed by atoms with Gasteiger partial charge in [0.15, 0.2) is 0 Å². The number of rotatable bonds is 6. The van der Waals surface area contributed by atoms with E-state index in [1.165, 1.54) is 7.11 Å². The molecule has 0 spiro atoms. The first-order valence-electron chi connectivity index (χ1n) is 6.78. The summed E-state index contributed by atoms with van der Waals surface area (Å²) in [7, 11) is 1.39. The van der Waals surface area contributed by atoms with E-state index in [1.54, 1.807) is 6.92 Å². The topological polar surface area (TPSA) is 70.1 Å². The minimum Gasteiger partial charge on any atom is -0.469 e. The van der Waals surface area contributed by atoms with Gasteiger partial charge in [-0.15, -0.1) is 0 Å². The first-order chi connectivity index (χ1) is 9.02. The van der Waals surface area contributed by atoms with Gasteiger partial charge in [-0.25, -0.2) is 0 Å². The second-order valence-electron chi connectivity index (χ2n) is 4.94. The molecule has 1 aliphatic rings. The van der Waals surface area contributed by atoms with Crippen LogP contribution < -0.4 is 0 Å². The van der Waals surface area contributed by atoms with Gasteiger partial charge in [0.25, 0.3) is 0 Å². The summed E-state index contributed by atoms with van der Waals surface area (Å²) in [4.78, 5) is 26.9. The quantitative estimate of drug-likeness (QED) is 0.681. The molecule has 1 rings (SSSR count). The molecule has 1 aliphatic heterocycles. The highest BCUT2D eigenvalue weighted by Crippen LogP contribution is 2.07. The van der Waals surface area contributed by atoms with Crippen molar-refractivity contribution in [1.82, 2.24) is 9.80 Å². The molecule has 6 heteroatoms. The van der Waals surface area contributed by atoms with Crippen LogP contribution in [0, 0.1) is 0 Å². The molecule has 0 aromatic carbocycles. The molecule has 1 heterocycles.